The summed E-state index contributed by atoms with van der Waals surface area (Å²) in [5, 5.41) is 0. The molecule has 1 spiro atoms. The van der Waals surface area contributed by atoms with Crippen molar-refractivity contribution in [2.75, 3.05) is 6.61 Å². The first kappa shape index (κ1) is 12.9. The fourth-order valence-corrected chi connectivity index (χ4v) is 3.63. The second-order valence-electron chi connectivity index (χ2n) is 5.15. The molecule has 1 aromatic carbocycles. The van der Waals surface area contributed by atoms with Crippen LogP contribution in [0.25, 0.3) is 0 Å². The van der Waals surface area contributed by atoms with Crippen molar-refractivity contribution in [3.8, 4) is 0 Å². The van der Waals surface area contributed by atoms with E-state index in [4.69, 9.17) is 9.47 Å². The Bertz CT molecular complexity index is 513. The van der Waals surface area contributed by atoms with Crippen LogP contribution in [0.1, 0.15) is 31.2 Å². The van der Waals surface area contributed by atoms with Crippen LogP contribution in [0, 0.1) is 6.92 Å². The van der Waals surface area contributed by atoms with E-state index in [-0.39, 0.29) is 0 Å². The van der Waals surface area contributed by atoms with Crippen LogP contribution in [-0.2, 0) is 20.3 Å². The highest BCUT2D eigenvalue weighted by Gasteiger charge is 2.39. The van der Waals surface area contributed by atoms with Crippen LogP contribution in [0.5, 0.6) is 0 Å². The SMILES string of the molecule is Cc1ccc(S(=O)C2=CO[C@@]3(CCCO3)CC2)cc1. The normalized spacial score (nSPS) is 27.9. The van der Waals surface area contributed by atoms with Gasteiger partial charge >= 0.3 is 0 Å². The molecule has 2 heterocycles. The van der Waals surface area contributed by atoms with Gasteiger partial charge in [0.2, 0.25) is 5.79 Å². The monoisotopic (exact) mass is 278 g/mol. The van der Waals surface area contributed by atoms with E-state index in [0.717, 1.165) is 42.1 Å². The van der Waals surface area contributed by atoms with Crippen LogP contribution < -0.4 is 0 Å². The van der Waals surface area contributed by atoms with Crippen LogP contribution in [0.2, 0.25) is 0 Å². The number of hydrogen-bond donors (Lipinski definition) is 0. The maximum atomic E-state index is 12.4. The van der Waals surface area contributed by atoms with Gasteiger partial charge in [0.25, 0.3) is 0 Å². The topological polar surface area (TPSA) is 35.5 Å². The van der Waals surface area contributed by atoms with Crippen LogP contribution in [0.3, 0.4) is 0 Å². The van der Waals surface area contributed by atoms with Crippen molar-refractivity contribution in [2.45, 2.75) is 43.3 Å². The quantitative estimate of drug-likeness (QED) is 0.833. The Balaban J connectivity index is 1.75. The molecule has 0 amide bonds. The van der Waals surface area contributed by atoms with Crippen LogP contribution in [0.15, 0.2) is 40.3 Å². The van der Waals surface area contributed by atoms with Crippen LogP contribution in [0.4, 0.5) is 0 Å². The Hall–Kier alpha value is -1.13. The zero-order valence-corrected chi connectivity index (χ0v) is 11.9. The van der Waals surface area contributed by atoms with Gasteiger partial charge in [0.05, 0.1) is 28.6 Å². The number of ether oxygens (including phenoxy) is 2. The molecule has 0 radical (unpaired) electrons. The molecule has 0 aromatic heterocycles. The number of aryl methyl sites for hydroxylation is 1. The standard InChI is InChI=1S/C15H18O3S/c1-12-3-5-13(6-4-12)19(16)14-7-9-15(18-11-14)8-2-10-17-15/h3-6,11H,2,7-10H2,1H3/t15-,19?/m0/s1. The molecule has 0 bridgehead atoms. The summed E-state index contributed by atoms with van der Waals surface area (Å²) < 4.78 is 23.8. The smallest absolute Gasteiger partial charge is 0.210 e. The Morgan fingerprint density at radius 2 is 2.00 bits per heavy atom. The summed E-state index contributed by atoms with van der Waals surface area (Å²) >= 11 is 0. The Morgan fingerprint density at radius 1 is 1.21 bits per heavy atom. The Labute approximate surface area is 116 Å². The predicted octanol–water partition coefficient (Wildman–Crippen LogP) is 3.26. The van der Waals surface area contributed by atoms with Gasteiger partial charge in [-0.1, -0.05) is 17.7 Å². The van der Waals surface area contributed by atoms with E-state index >= 15 is 0 Å². The second-order valence-corrected chi connectivity index (χ2v) is 6.68. The van der Waals surface area contributed by atoms with Gasteiger partial charge in [-0.25, -0.2) is 4.21 Å². The van der Waals surface area contributed by atoms with Gasteiger partial charge in [0.1, 0.15) is 0 Å². The average molecular weight is 278 g/mol. The molecule has 2 aliphatic rings. The molecule has 3 nitrogen and oxygen atoms in total. The highest BCUT2D eigenvalue weighted by atomic mass is 32.2. The van der Waals surface area contributed by atoms with E-state index in [2.05, 4.69) is 0 Å². The summed E-state index contributed by atoms with van der Waals surface area (Å²) in [6.45, 7) is 2.79. The highest BCUT2D eigenvalue weighted by Crippen LogP contribution is 2.38. The van der Waals surface area contributed by atoms with Crippen LogP contribution in [-0.4, -0.2) is 16.6 Å². The van der Waals surface area contributed by atoms with Gasteiger partial charge in [-0.15, -0.1) is 0 Å². The van der Waals surface area contributed by atoms with Gasteiger partial charge in [-0.05, 0) is 31.9 Å². The van der Waals surface area contributed by atoms with E-state index in [1.165, 1.54) is 5.56 Å². The number of hydrogen-bond acceptors (Lipinski definition) is 3. The van der Waals surface area contributed by atoms with E-state index in [0.29, 0.717) is 0 Å². The minimum Gasteiger partial charge on any atom is -0.469 e. The molecule has 2 aliphatic heterocycles. The second kappa shape index (κ2) is 5.10. The molecule has 4 heteroatoms. The third kappa shape index (κ3) is 2.60. The van der Waals surface area contributed by atoms with Gasteiger partial charge in [0.15, 0.2) is 0 Å². The molecule has 1 saturated heterocycles. The molecule has 19 heavy (non-hydrogen) atoms. The van der Waals surface area contributed by atoms with Crippen LogP contribution >= 0.6 is 0 Å². The minimum absolute atomic E-state index is 0.430. The largest absolute Gasteiger partial charge is 0.469 e. The van der Waals surface area contributed by atoms with Crippen molar-refractivity contribution in [1.82, 2.24) is 0 Å². The zero-order chi connectivity index (χ0) is 13.3. The summed E-state index contributed by atoms with van der Waals surface area (Å²) in [5.74, 6) is -0.430. The highest BCUT2D eigenvalue weighted by molar-refractivity contribution is 7.89. The van der Waals surface area contributed by atoms with Crippen molar-refractivity contribution in [2.24, 2.45) is 0 Å². The maximum absolute atomic E-state index is 12.4. The van der Waals surface area contributed by atoms with Crippen molar-refractivity contribution < 1.29 is 13.7 Å². The zero-order valence-electron chi connectivity index (χ0n) is 11.1. The summed E-state index contributed by atoms with van der Waals surface area (Å²) in [6, 6.07) is 7.81. The molecular formula is C15H18O3S. The predicted molar refractivity (Wildman–Crippen MR) is 73.9 cm³/mol. The molecule has 0 saturated carbocycles. The fraction of sp³-hybridized carbons (Fsp3) is 0.467. The van der Waals surface area contributed by atoms with Gasteiger partial charge < -0.3 is 9.47 Å². The molecule has 0 N–H and O–H groups in total. The maximum Gasteiger partial charge on any atom is 0.210 e. The fourth-order valence-electron chi connectivity index (χ4n) is 2.52. The third-order valence-corrected chi connectivity index (χ3v) is 5.17. The Kier molecular flexibility index (Phi) is 3.46. The van der Waals surface area contributed by atoms with Gasteiger partial charge in [-0.2, -0.15) is 0 Å². The summed E-state index contributed by atoms with van der Waals surface area (Å²) in [5.41, 5.74) is 1.17. The molecule has 102 valence electrons. The first-order chi connectivity index (χ1) is 9.19. The third-order valence-electron chi connectivity index (χ3n) is 3.70. The molecule has 1 fully saturated rings. The van der Waals surface area contributed by atoms with Crippen molar-refractivity contribution in [3.05, 3.63) is 41.0 Å². The summed E-state index contributed by atoms with van der Waals surface area (Å²) in [6.07, 6.45) is 5.22. The summed E-state index contributed by atoms with van der Waals surface area (Å²) in [7, 11) is -1.11. The summed E-state index contributed by atoms with van der Waals surface area (Å²) in [4.78, 5) is 1.69. The first-order valence-electron chi connectivity index (χ1n) is 6.68. The first-order valence-corrected chi connectivity index (χ1v) is 7.83. The lowest BCUT2D eigenvalue weighted by atomic mass is 10.1. The molecule has 3 rings (SSSR count). The van der Waals surface area contributed by atoms with E-state index in [1.807, 2.05) is 31.2 Å². The lowest BCUT2D eigenvalue weighted by Crippen LogP contribution is -2.32. The van der Waals surface area contributed by atoms with E-state index < -0.39 is 16.6 Å². The molecule has 1 unspecified atom stereocenters. The van der Waals surface area contributed by atoms with Gasteiger partial charge in [-0.3, -0.25) is 0 Å². The molecule has 1 aromatic rings. The number of allylic oxidation sites excluding steroid dienone is 1. The Morgan fingerprint density at radius 3 is 2.58 bits per heavy atom. The molecule has 2 atom stereocenters. The molecule has 0 aliphatic carbocycles. The number of rotatable bonds is 2. The van der Waals surface area contributed by atoms with Gasteiger partial charge in [0, 0.05) is 17.7 Å². The lowest BCUT2D eigenvalue weighted by molar-refractivity contribution is -0.185. The number of benzene rings is 1. The minimum atomic E-state index is -1.11. The molecular weight excluding hydrogens is 260 g/mol. The van der Waals surface area contributed by atoms with Crippen molar-refractivity contribution in [1.29, 1.82) is 0 Å². The van der Waals surface area contributed by atoms with Crippen molar-refractivity contribution in [3.63, 3.8) is 0 Å². The van der Waals surface area contributed by atoms with E-state index in [9.17, 15) is 4.21 Å². The lowest BCUT2D eigenvalue weighted by Gasteiger charge is -2.31. The van der Waals surface area contributed by atoms with Crippen molar-refractivity contribution >= 4 is 10.8 Å². The van der Waals surface area contributed by atoms with E-state index in [1.54, 1.807) is 6.26 Å². The average Bonchev–Trinajstić information content (AvgIpc) is 2.88.